The lowest BCUT2D eigenvalue weighted by Gasteiger charge is -2.26. The predicted octanol–water partition coefficient (Wildman–Crippen LogP) is 4.05. The maximum Gasteiger partial charge on any atom is 0.412 e. The Kier molecular flexibility index (Phi) is 4.82. The average Bonchev–Trinajstić information content (AvgIpc) is 3.29. The van der Waals surface area contributed by atoms with Crippen LogP contribution < -0.4 is 0 Å². The van der Waals surface area contributed by atoms with Crippen molar-refractivity contribution in [3.63, 3.8) is 0 Å². The Labute approximate surface area is 145 Å². The third kappa shape index (κ3) is 3.98. The number of amides is 1. The maximum absolute atomic E-state index is 12.9. The van der Waals surface area contributed by atoms with Gasteiger partial charge in [-0.1, -0.05) is 13.8 Å². The van der Waals surface area contributed by atoms with Crippen LogP contribution in [0.15, 0.2) is 22.8 Å². The van der Waals surface area contributed by atoms with Crippen LogP contribution in [0, 0.1) is 17.8 Å². The van der Waals surface area contributed by atoms with E-state index in [2.05, 4.69) is 0 Å². The molecule has 1 amide bonds. The van der Waals surface area contributed by atoms with E-state index < -0.39 is 11.7 Å². The van der Waals surface area contributed by atoms with Crippen molar-refractivity contribution in [2.75, 3.05) is 13.1 Å². The summed E-state index contributed by atoms with van der Waals surface area (Å²) >= 11 is 0. The summed E-state index contributed by atoms with van der Waals surface area (Å²) in [4.78, 5) is 26.6. The number of nitrogens with zero attached hydrogens (tertiary/aromatic N) is 1. The fraction of sp³-hybridized carbons (Fsp3) is 0.684. The van der Waals surface area contributed by atoms with Gasteiger partial charge in [0, 0.05) is 36.9 Å². The molecule has 2 aliphatic carbocycles. The molecule has 138 valence electrons. The van der Waals surface area contributed by atoms with Gasteiger partial charge in [-0.3, -0.25) is 9.59 Å². The molecular weight excluding hydrogens is 331 g/mol. The molecule has 1 atom stereocenters. The molecule has 1 saturated carbocycles. The van der Waals surface area contributed by atoms with Crippen LogP contribution in [0.5, 0.6) is 0 Å². The summed E-state index contributed by atoms with van der Waals surface area (Å²) in [5.41, 5.74) is 1.05. The van der Waals surface area contributed by atoms with E-state index in [4.69, 9.17) is 0 Å². The molecule has 3 rings (SSSR count). The molecule has 0 aromatic heterocycles. The highest BCUT2D eigenvalue weighted by Crippen LogP contribution is 2.39. The van der Waals surface area contributed by atoms with Crippen LogP contribution in [0.3, 0.4) is 0 Å². The highest BCUT2D eigenvalue weighted by Gasteiger charge is 2.40. The molecule has 1 aliphatic heterocycles. The first kappa shape index (κ1) is 18.2. The minimum Gasteiger partial charge on any atom is -0.334 e. The molecule has 6 heteroatoms. The zero-order valence-corrected chi connectivity index (χ0v) is 14.7. The number of carbonyl (C=O) groups excluding carboxylic acids is 2. The van der Waals surface area contributed by atoms with Crippen LogP contribution in [0.2, 0.25) is 0 Å². The minimum atomic E-state index is -4.30. The molecule has 0 bridgehead atoms. The van der Waals surface area contributed by atoms with Crippen LogP contribution in [-0.4, -0.2) is 35.9 Å². The van der Waals surface area contributed by atoms with Crippen molar-refractivity contribution >= 4 is 11.7 Å². The normalized spacial score (nSPS) is 22.2. The summed E-state index contributed by atoms with van der Waals surface area (Å²) in [7, 11) is 0. The van der Waals surface area contributed by atoms with Gasteiger partial charge in [0.1, 0.15) is 5.78 Å². The number of alkyl halides is 3. The Balaban J connectivity index is 1.68. The number of halogens is 3. The molecule has 1 heterocycles. The molecule has 0 radical (unpaired) electrons. The first-order chi connectivity index (χ1) is 11.7. The Hall–Kier alpha value is -1.59. The summed E-state index contributed by atoms with van der Waals surface area (Å²) in [5.74, 6) is -0.158. The second kappa shape index (κ2) is 6.61. The monoisotopic (exact) mass is 355 g/mol. The SMILES string of the molecule is CC(C)C(CC(=O)C1CC1)C(=O)N1CC2=C(CCC(C(F)(F)F)=C2)C1. The van der Waals surface area contributed by atoms with Gasteiger partial charge in [-0.15, -0.1) is 0 Å². The molecule has 1 unspecified atom stereocenters. The first-order valence-corrected chi connectivity index (χ1v) is 8.97. The lowest BCUT2D eigenvalue weighted by atomic mass is 9.88. The summed E-state index contributed by atoms with van der Waals surface area (Å²) in [6, 6.07) is 0. The zero-order valence-electron chi connectivity index (χ0n) is 14.7. The zero-order chi connectivity index (χ0) is 18.4. The van der Waals surface area contributed by atoms with Crippen LogP contribution >= 0.6 is 0 Å². The molecule has 0 spiro atoms. The molecule has 3 nitrogen and oxygen atoms in total. The van der Waals surface area contributed by atoms with E-state index in [-0.39, 0.29) is 48.8 Å². The number of allylic oxidation sites excluding steroid dienone is 1. The Morgan fingerprint density at radius 1 is 1.20 bits per heavy atom. The van der Waals surface area contributed by atoms with E-state index in [1.807, 2.05) is 13.8 Å². The predicted molar refractivity (Wildman–Crippen MR) is 87.7 cm³/mol. The van der Waals surface area contributed by atoms with Crippen molar-refractivity contribution in [1.82, 2.24) is 4.90 Å². The molecule has 0 saturated heterocycles. The number of hydrogen-bond donors (Lipinski definition) is 0. The van der Waals surface area contributed by atoms with Gasteiger partial charge in [-0.2, -0.15) is 13.2 Å². The fourth-order valence-electron chi connectivity index (χ4n) is 3.67. The summed E-state index contributed by atoms with van der Waals surface area (Å²) < 4.78 is 38.7. The second-order valence-corrected chi connectivity index (χ2v) is 7.79. The van der Waals surface area contributed by atoms with E-state index in [0.717, 1.165) is 18.4 Å². The van der Waals surface area contributed by atoms with Gasteiger partial charge in [0.25, 0.3) is 0 Å². The van der Waals surface area contributed by atoms with Gasteiger partial charge in [0.2, 0.25) is 5.91 Å². The molecular formula is C19H24F3NO2. The Bertz CT molecular complexity index is 642. The van der Waals surface area contributed by atoms with Crippen LogP contribution in [0.25, 0.3) is 0 Å². The van der Waals surface area contributed by atoms with Crippen molar-refractivity contribution in [2.24, 2.45) is 17.8 Å². The fourth-order valence-corrected chi connectivity index (χ4v) is 3.67. The van der Waals surface area contributed by atoms with E-state index in [1.54, 1.807) is 4.90 Å². The molecule has 0 N–H and O–H groups in total. The van der Waals surface area contributed by atoms with Crippen molar-refractivity contribution in [3.05, 3.63) is 22.8 Å². The standard InChI is InChI=1S/C19H24F3NO2/c1-11(2)16(8-17(24)12-3-4-12)18(25)23-9-13-5-6-15(19(20,21)22)7-14(13)10-23/h7,11-12,16H,3-6,8-10H2,1-2H3. The largest absolute Gasteiger partial charge is 0.412 e. The quantitative estimate of drug-likeness (QED) is 0.746. The van der Waals surface area contributed by atoms with Gasteiger partial charge in [0.15, 0.2) is 0 Å². The molecule has 1 fully saturated rings. The number of hydrogen-bond acceptors (Lipinski definition) is 2. The Morgan fingerprint density at radius 2 is 1.88 bits per heavy atom. The Morgan fingerprint density at radius 3 is 2.44 bits per heavy atom. The smallest absolute Gasteiger partial charge is 0.334 e. The van der Waals surface area contributed by atoms with Crippen molar-refractivity contribution in [2.45, 2.75) is 52.1 Å². The van der Waals surface area contributed by atoms with Gasteiger partial charge < -0.3 is 4.90 Å². The number of Topliss-reactive ketones (excluding diaryl/α,β-unsaturated/α-hetero) is 1. The number of ketones is 1. The van der Waals surface area contributed by atoms with Gasteiger partial charge in [-0.05, 0) is 48.8 Å². The first-order valence-electron chi connectivity index (χ1n) is 8.97. The highest BCUT2D eigenvalue weighted by molar-refractivity contribution is 5.89. The van der Waals surface area contributed by atoms with Crippen LogP contribution in [-0.2, 0) is 9.59 Å². The van der Waals surface area contributed by atoms with Crippen molar-refractivity contribution < 1.29 is 22.8 Å². The molecule has 3 aliphatic rings. The van der Waals surface area contributed by atoms with E-state index >= 15 is 0 Å². The summed E-state index contributed by atoms with van der Waals surface area (Å²) in [5, 5.41) is 0. The van der Waals surface area contributed by atoms with Crippen LogP contribution in [0.4, 0.5) is 13.2 Å². The summed E-state index contributed by atoms with van der Waals surface area (Å²) in [6.07, 6.45) is -0.647. The molecule has 25 heavy (non-hydrogen) atoms. The maximum atomic E-state index is 12.9. The number of carbonyl (C=O) groups is 2. The van der Waals surface area contributed by atoms with Crippen LogP contribution in [0.1, 0.15) is 46.0 Å². The summed E-state index contributed by atoms with van der Waals surface area (Å²) in [6.45, 7) is 4.48. The third-order valence-electron chi connectivity index (χ3n) is 5.49. The number of rotatable bonds is 5. The lowest BCUT2D eigenvalue weighted by molar-refractivity contribution is -0.138. The van der Waals surface area contributed by atoms with Gasteiger partial charge >= 0.3 is 6.18 Å². The second-order valence-electron chi connectivity index (χ2n) is 7.79. The van der Waals surface area contributed by atoms with E-state index in [1.165, 1.54) is 6.08 Å². The molecule has 0 aromatic carbocycles. The lowest BCUT2D eigenvalue weighted by Crippen LogP contribution is -2.38. The van der Waals surface area contributed by atoms with Crippen molar-refractivity contribution in [3.8, 4) is 0 Å². The van der Waals surface area contributed by atoms with E-state index in [0.29, 0.717) is 18.5 Å². The average molecular weight is 355 g/mol. The highest BCUT2D eigenvalue weighted by atomic mass is 19.4. The topological polar surface area (TPSA) is 37.4 Å². The van der Waals surface area contributed by atoms with Crippen molar-refractivity contribution in [1.29, 1.82) is 0 Å². The third-order valence-corrected chi connectivity index (χ3v) is 5.49. The van der Waals surface area contributed by atoms with E-state index in [9.17, 15) is 22.8 Å². The van der Waals surface area contributed by atoms with Gasteiger partial charge in [0.05, 0.1) is 0 Å². The van der Waals surface area contributed by atoms with Gasteiger partial charge in [-0.25, -0.2) is 0 Å². The molecule has 0 aromatic rings. The minimum absolute atomic E-state index is 0.0157.